The Balaban J connectivity index is 1.49. The molecule has 3 heteroatoms. The Labute approximate surface area is 164 Å². The summed E-state index contributed by atoms with van der Waals surface area (Å²) in [4.78, 5) is 2.65. The second-order valence-electron chi connectivity index (χ2n) is 7.68. The van der Waals surface area contributed by atoms with Crippen molar-refractivity contribution in [2.24, 2.45) is 0 Å². The van der Waals surface area contributed by atoms with Crippen molar-refractivity contribution in [2.45, 2.75) is 57.0 Å². The van der Waals surface area contributed by atoms with Crippen molar-refractivity contribution in [3.63, 3.8) is 0 Å². The standard InChI is InChI=1S/C24H33NO2/c1-25-21(13-7-19-9-15-23(26-2)16-10-19)5-4-6-22(25)14-8-20-11-17-24(27-3)18-12-20/h9-12,15-18,21-22H,4-8,13-14H2,1-3H3/t21-,22-/m1/s1. The van der Waals surface area contributed by atoms with Gasteiger partial charge in [0.25, 0.3) is 0 Å². The van der Waals surface area contributed by atoms with Gasteiger partial charge >= 0.3 is 0 Å². The lowest BCUT2D eigenvalue weighted by Gasteiger charge is -2.40. The van der Waals surface area contributed by atoms with Crippen LogP contribution in [0.15, 0.2) is 48.5 Å². The molecule has 0 aliphatic carbocycles. The number of ether oxygens (including phenoxy) is 2. The van der Waals surface area contributed by atoms with Gasteiger partial charge in [0, 0.05) is 12.1 Å². The molecule has 1 saturated heterocycles. The molecule has 3 nitrogen and oxygen atoms in total. The minimum atomic E-state index is 0.696. The Bertz CT molecular complexity index is 621. The molecule has 2 aromatic carbocycles. The number of hydrogen-bond donors (Lipinski definition) is 0. The highest BCUT2D eigenvalue weighted by molar-refractivity contribution is 5.28. The number of hydrogen-bond acceptors (Lipinski definition) is 3. The summed E-state index contributed by atoms with van der Waals surface area (Å²) < 4.78 is 10.5. The summed E-state index contributed by atoms with van der Waals surface area (Å²) in [5.74, 6) is 1.87. The van der Waals surface area contributed by atoms with Gasteiger partial charge in [-0.25, -0.2) is 0 Å². The molecule has 0 radical (unpaired) electrons. The minimum absolute atomic E-state index is 0.696. The maximum Gasteiger partial charge on any atom is 0.118 e. The number of likely N-dealkylation sites (tertiary alicyclic amines) is 1. The lowest BCUT2D eigenvalue weighted by atomic mass is 9.89. The predicted octanol–water partition coefficient (Wildman–Crippen LogP) is 5.12. The van der Waals surface area contributed by atoms with Crippen LogP contribution in [0, 0.1) is 0 Å². The van der Waals surface area contributed by atoms with E-state index in [4.69, 9.17) is 9.47 Å². The molecule has 0 amide bonds. The molecule has 1 heterocycles. The van der Waals surface area contributed by atoms with Crippen LogP contribution >= 0.6 is 0 Å². The number of aryl methyl sites for hydroxylation is 2. The highest BCUT2D eigenvalue weighted by atomic mass is 16.5. The third-order valence-electron chi connectivity index (χ3n) is 6.08. The molecule has 3 rings (SSSR count). The molecule has 0 spiro atoms. The van der Waals surface area contributed by atoms with E-state index in [1.165, 1.54) is 43.2 Å². The summed E-state index contributed by atoms with van der Waals surface area (Å²) in [5.41, 5.74) is 2.81. The molecule has 146 valence electrons. The lowest BCUT2D eigenvalue weighted by molar-refractivity contribution is 0.103. The molecular weight excluding hydrogens is 334 g/mol. The minimum Gasteiger partial charge on any atom is -0.497 e. The van der Waals surface area contributed by atoms with E-state index < -0.39 is 0 Å². The van der Waals surface area contributed by atoms with Crippen molar-refractivity contribution < 1.29 is 9.47 Å². The fraction of sp³-hybridized carbons (Fsp3) is 0.500. The monoisotopic (exact) mass is 367 g/mol. The third kappa shape index (κ3) is 5.49. The van der Waals surface area contributed by atoms with Gasteiger partial charge < -0.3 is 14.4 Å². The summed E-state index contributed by atoms with van der Waals surface area (Å²) in [6.45, 7) is 0. The Kier molecular flexibility index (Phi) is 7.17. The van der Waals surface area contributed by atoms with E-state index in [1.54, 1.807) is 14.2 Å². The van der Waals surface area contributed by atoms with Crippen LogP contribution in [0.3, 0.4) is 0 Å². The van der Waals surface area contributed by atoms with E-state index >= 15 is 0 Å². The molecule has 0 bridgehead atoms. The van der Waals surface area contributed by atoms with E-state index in [9.17, 15) is 0 Å². The van der Waals surface area contributed by atoms with Gasteiger partial charge in [-0.1, -0.05) is 30.7 Å². The van der Waals surface area contributed by atoms with Gasteiger partial charge in [-0.2, -0.15) is 0 Å². The molecule has 0 aromatic heterocycles. The molecule has 1 fully saturated rings. The van der Waals surface area contributed by atoms with E-state index in [2.05, 4.69) is 60.5 Å². The lowest BCUT2D eigenvalue weighted by Crippen LogP contribution is -2.44. The number of benzene rings is 2. The zero-order valence-corrected chi connectivity index (χ0v) is 17.0. The summed E-state index contributed by atoms with van der Waals surface area (Å²) in [7, 11) is 5.77. The summed E-state index contributed by atoms with van der Waals surface area (Å²) in [6.07, 6.45) is 8.76. The first-order valence-corrected chi connectivity index (χ1v) is 10.2. The summed E-state index contributed by atoms with van der Waals surface area (Å²) in [5, 5.41) is 0. The normalized spacial score (nSPS) is 20.4. The quantitative estimate of drug-likeness (QED) is 0.646. The Hall–Kier alpha value is -2.00. The van der Waals surface area contributed by atoms with Gasteiger partial charge in [-0.05, 0) is 81.0 Å². The first-order chi connectivity index (χ1) is 13.2. The van der Waals surface area contributed by atoms with E-state index in [1.807, 2.05) is 0 Å². The molecule has 2 aromatic rings. The Morgan fingerprint density at radius 2 is 1.15 bits per heavy atom. The fourth-order valence-corrected chi connectivity index (χ4v) is 4.24. The average Bonchev–Trinajstić information content (AvgIpc) is 2.73. The average molecular weight is 368 g/mol. The van der Waals surface area contributed by atoms with Crippen LogP contribution in [0.2, 0.25) is 0 Å². The molecule has 0 unspecified atom stereocenters. The number of nitrogens with zero attached hydrogens (tertiary/aromatic N) is 1. The smallest absolute Gasteiger partial charge is 0.118 e. The van der Waals surface area contributed by atoms with Crippen LogP contribution in [0.1, 0.15) is 43.2 Å². The highest BCUT2D eigenvalue weighted by Gasteiger charge is 2.26. The predicted molar refractivity (Wildman–Crippen MR) is 112 cm³/mol. The van der Waals surface area contributed by atoms with Crippen LogP contribution in [0.4, 0.5) is 0 Å². The van der Waals surface area contributed by atoms with Gasteiger partial charge in [-0.3, -0.25) is 0 Å². The van der Waals surface area contributed by atoms with Gasteiger partial charge in [-0.15, -0.1) is 0 Å². The molecule has 1 aliphatic rings. The van der Waals surface area contributed by atoms with Gasteiger partial charge in [0.2, 0.25) is 0 Å². The Morgan fingerprint density at radius 3 is 1.52 bits per heavy atom. The molecule has 2 atom stereocenters. The van der Waals surface area contributed by atoms with Crippen molar-refractivity contribution in [1.29, 1.82) is 0 Å². The van der Waals surface area contributed by atoms with Gasteiger partial charge in [0.15, 0.2) is 0 Å². The maximum absolute atomic E-state index is 5.26. The van der Waals surface area contributed by atoms with Crippen LogP contribution in [0.5, 0.6) is 11.5 Å². The maximum atomic E-state index is 5.26. The van der Waals surface area contributed by atoms with Crippen LogP contribution in [-0.2, 0) is 12.8 Å². The third-order valence-corrected chi connectivity index (χ3v) is 6.08. The summed E-state index contributed by atoms with van der Waals surface area (Å²) in [6, 6.07) is 18.4. The van der Waals surface area contributed by atoms with E-state index in [0.717, 1.165) is 24.3 Å². The molecule has 1 aliphatic heterocycles. The fourth-order valence-electron chi connectivity index (χ4n) is 4.24. The largest absolute Gasteiger partial charge is 0.497 e. The second-order valence-corrected chi connectivity index (χ2v) is 7.68. The van der Waals surface area contributed by atoms with Crippen LogP contribution in [-0.4, -0.2) is 38.3 Å². The van der Waals surface area contributed by atoms with Crippen molar-refractivity contribution in [2.75, 3.05) is 21.3 Å². The van der Waals surface area contributed by atoms with Crippen molar-refractivity contribution >= 4 is 0 Å². The first-order valence-electron chi connectivity index (χ1n) is 10.2. The van der Waals surface area contributed by atoms with Gasteiger partial charge in [0.05, 0.1) is 14.2 Å². The van der Waals surface area contributed by atoms with Crippen LogP contribution in [0.25, 0.3) is 0 Å². The van der Waals surface area contributed by atoms with Crippen LogP contribution < -0.4 is 9.47 Å². The van der Waals surface area contributed by atoms with E-state index in [0.29, 0.717) is 12.1 Å². The molecule has 0 N–H and O–H groups in total. The number of methoxy groups -OCH3 is 2. The van der Waals surface area contributed by atoms with Crippen molar-refractivity contribution in [3.05, 3.63) is 59.7 Å². The summed E-state index contributed by atoms with van der Waals surface area (Å²) >= 11 is 0. The van der Waals surface area contributed by atoms with E-state index in [-0.39, 0.29) is 0 Å². The zero-order chi connectivity index (χ0) is 19.1. The topological polar surface area (TPSA) is 21.7 Å². The SMILES string of the molecule is COc1ccc(CC[C@H]2CCC[C@H](CCc3ccc(OC)cc3)N2C)cc1. The number of rotatable bonds is 8. The van der Waals surface area contributed by atoms with Gasteiger partial charge in [0.1, 0.15) is 11.5 Å². The number of piperidine rings is 1. The molecule has 27 heavy (non-hydrogen) atoms. The first kappa shape index (κ1) is 19.8. The van der Waals surface area contributed by atoms with Crippen molar-refractivity contribution in [1.82, 2.24) is 4.90 Å². The highest BCUT2D eigenvalue weighted by Crippen LogP contribution is 2.27. The second kappa shape index (κ2) is 9.80. The molecular formula is C24H33NO2. The molecule has 0 saturated carbocycles. The zero-order valence-electron chi connectivity index (χ0n) is 17.0. The Morgan fingerprint density at radius 1 is 0.741 bits per heavy atom. The van der Waals surface area contributed by atoms with Crippen molar-refractivity contribution in [3.8, 4) is 11.5 Å².